The van der Waals surface area contributed by atoms with Crippen LogP contribution in [0.5, 0.6) is 0 Å². The van der Waals surface area contributed by atoms with E-state index in [-0.39, 0.29) is 0 Å². The number of hydrogen-bond acceptors (Lipinski definition) is 6. The lowest BCUT2D eigenvalue weighted by molar-refractivity contribution is 0.485. The van der Waals surface area contributed by atoms with E-state index in [4.69, 9.17) is 9.97 Å². The molecule has 4 aromatic rings. The molecule has 1 saturated heterocycles. The summed E-state index contributed by atoms with van der Waals surface area (Å²) in [6.45, 7) is 4.02. The molecule has 2 aliphatic heterocycles. The molecule has 1 radical (unpaired) electrons. The highest BCUT2D eigenvalue weighted by molar-refractivity contribution is 5.88. The molecule has 4 heterocycles. The van der Waals surface area contributed by atoms with Gasteiger partial charge < -0.3 is 15.1 Å². The lowest BCUT2D eigenvalue weighted by Gasteiger charge is -2.38. The maximum atomic E-state index is 4.99. The fraction of sp³-hybridized carbons (Fsp3) is 0.250. The van der Waals surface area contributed by atoms with E-state index in [0.29, 0.717) is 6.04 Å². The van der Waals surface area contributed by atoms with Gasteiger partial charge in [0.05, 0.1) is 23.0 Å². The summed E-state index contributed by atoms with van der Waals surface area (Å²) in [7, 11) is 1.94. The van der Waals surface area contributed by atoms with Gasteiger partial charge in [0, 0.05) is 31.7 Å². The Hall–Kier alpha value is -3.61. The zero-order chi connectivity index (χ0) is 20.8. The van der Waals surface area contributed by atoms with E-state index < -0.39 is 0 Å². The Labute approximate surface area is 181 Å². The van der Waals surface area contributed by atoms with Crippen LogP contribution in [0.2, 0.25) is 0 Å². The number of aryl methyl sites for hydroxylation is 1. The van der Waals surface area contributed by atoms with Gasteiger partial charge in [-0.05, 0) is 25.0 Å². The fourth-order valence-corrected chi connectivity index (χ4v) is 4.65. The third-order valence-corrected chi connectivity index (χ3v) is 6.30. The topological polar surface area (TPSA) is 62.1 Å². The molecule has 1 fully saturated rings. The van der Waals surface area contributed by atoms with E-state index in [1.54, 1.807) is 0 Å². The molecule has 155 valence electrons. The van der Waals surface area contributed by atoms with Gasteiger partial charge in [-0.2, -0.15) is 5.10 Å². The van der Waals surface area contributed by atoms with Gasteiger partial charge in [0.15, 0.2) is 11.5 Å². The zero-order valence-corrected chi connectivity index (χ0v) is 17.4. The minimum absolute atomic E-state index is 0.479. The minimum atomic E-state index is 0.479. The highest BCUT2D eigenvalue weighted by atomic mass is 15.3. The predicted octanol–water partition coefficient (Wildman–Crippen LogP) is 4.05. The molecule has 0 aliphatic carbocycles. The van der Waals surface area contributed by atoms with Crippen molar-refractivity contribution in [3.05, 3.63) is 67.5 Å². The molecule has 7 heteroatoms. The van der Waals surface area contributed by atoms with Crippen LogP contribution in [0.3, 0.4) is 0 Å². The van der Waals surface area contributed by atoms with Crippen molar-refractivity contribution < 1.29 is 0 Å². The second-order valence-corrected chi connectivity index (χ2v) is 8.16. The molecule has 0 amide bonds. The fourth-order valence-electron chi connectivity index (χ4n) is 4.65. The molecule has 2 aliphatic rings. The number of aromatic nitrogens is 4. The van der Waals surface area contributed by atoms with Gasteiger partial charge in [-0.25, -0.2) is 9.97 Å². The second-order valence-electron chi connectivity index (χ2n) is 8.16. The van der Waals surface area contributed by atoms with Gasteiger partial charge in [0.25, 0.3) is 0 Å². The zero-order valence-electron chi connectivity index (χ0n) is 17.4. The Morgan fingerprint density at radius 3 is 2.55 bits per heavy atom. The number of para-hydroxylation sites is 2. The highest BCUT2D eigenvalue weighted by Gasteiger charge is 2.30. The summed E-state index contributed by atoms with van der Waals surface area (Å²) in [5.41, 5.74) is 4.35. The van der Waals surface area contributed by atoms with Gasteiger partial charge in [0.1, 0.15) is 12.5 Å². The van der Waals surface area contributed by atoms with Crippen molar-refractivity contribution >= 4 is 28.2 Å². The monoisotopic (exact) mass is 410 g/mol. The van der Waals surface area contributed by atoms with Crippen molar-refractivity contribution in [3.8, 4) is 11.4 Å². The van der Waals surface area contributed by atoms with Crippen molar-refractivity contribution in [1.82, 2.24) is 19.7 Å². The molecule has 0 spiro atoms. The lowest BCUT2D eigenvalue weighted by atomic mass is 10.0. The van der Waals surface area contributed by atoms with E-state index in [1.165, 1.54) is 11.4 Å². The van der Waals surface area contributed by atoms with Crippen molar-refractivity contribution in [2.45, 2.75) is 18.9 Å². The number of nitrogens with one attached hydrogen (secondary N) is 1. The predicted molar refractivity (Wildman–Crippen MR) is 124 cm³/mol. The summed E-state index contributed by atoms with van der Waals surface area (Å²) in [5, 5.41) is 8.87. The van der Waals surface area contributed by atoms with Crippen LogP contribution >= 0.6 is 0 Å². The first-order valence-electron chi connectivity index (χ1n) is 10.8. The van der Waals surface area contributed by atoms with Crippen LogP contribution in [0.15, 0.2) is 60.8 Å². The van der Waals surface area contributed by atoms with E-state index in [9.17, 15) is 0 Å². The van der Waals surface area contributed by atoms with Gasteiger partial charge in [-0.3, -0.25) is 4.68 Å². The van der Waals surface area contributed by atoms with Crippen molar-refractivity contribution in [3.63, 3.8) is 0 Å². The van der Waals surface area contributed by atoms with Crippen LogP contribution in [0.4, 0.5) is 17.2 Å². The molecule has 1 N–H and O–H groups in total. The molecule has 6 rings (SSSR count). The van der Waals surface area contributed by atoms with Crippen LogP contribution in [0.25, 0.3) is 22.4 Å². The largest absolute Gasteiger partial charge is 0.360 e. The second kappa shape index (κ2) is 7.27. The summed E-state index contributed by atoms with van der Waals surface area (Å²) in [4.78, 5) is 14.6. The van der Waals surface area contributed by atoms with E-state index in [2.05, 4.69) is 63.3 Å². The first-order chi connectivity index (χ1) is 15.3. The summed E-state index contributed by atoms with van der Waals surface area (Å²) in [5.74, 6) is 1.74. The van der Waals surface area contributed by atoms with Gasteiger partial charge in [-0.15, -0.1) is 0 Å². The average molecular weight is 411 g/mol. The maximum Gasteiger partial charge on any atom is 0.163 e. The van der Waals surface area contributed by atoms with Crippen molar-refractivity contribution in [2.24, 2.45) is 7.05 Å². The summed E-state index contributed by atoms with van der Waals surface area (Å²) >= 11 is 0. The Balaban J connectivity index is 1.29. The third-order valence-electron chi connectivity index (χ3n) is 6.30. The molecule has 2 aromatic carbocycles. The number of rotatable bonds is 3. The average Bonchev–Trinajstić information content (AvgIpc) is 3.43. The van der Waals surface area contributed by atoms with Crippen LogP contribution < -0.4 is 15.1 Å². The quantitative estimate of drug-likeness (QED) is 0.550. The Morgan fingerprint density at radius 1 is 0.935 bits per heavy atom. The molecule has 7 nitrogen and oxygen atoms in total. The van der Waals surface area contributed by atoms with Gasteiger partial charge >= 0.3 is 0 Å². The van der Waals surface area contributed by atoms with Crippen LogP contribution in [-0.4, -0.2) is 38.9 Å². The highest BCUT2D eigenvalue weighted by Crippen LogP contribution is 2.37. The van der Waals surface area contributed by atoms with E-state index in [0.717, 1.165) is 54.2 Å². The number of hydrogen-bond donors (Lipinski definition) is 1. The van der Waals surface area contributed by atoms with Gasteiger partial charge in [-0.1, -0.05) is 42.5 Å². The number of anilines is 3. The molecule has 31 heavy (non-hydrogen) atoms. The lowest BCUT2D eigenvalue weighted by Crippen LogP contribution is -2.44. The number of nitrogens with zero attached hydrogens (tertiary/aromatic N) is 6. The minimum Gasteiger partial charge on any atom is -0.360 e. The first kappa shape index (κ1) is 18.2. The van der Waals surface area contributed by atoms with Crippen molar-refractivity contribution in [1.29, 1.82) is 0 Å². The molecule has 0 unspecified atom stereocenters. The number of fused-ring (bicyclic) bond motifs is 2. The number of benzene rings is 2. The maximum absolute atomic E-state index is 4.99. The number of piperidine rings is 1. The van der Waals surface area contributed by atoms with Crippen LogP contribution in [0, 0.1) is 6.67 Å². The standard InChI is InChI=1S/C24H24N7/c1-29-23-19(15-26-29)24(28-22(27-23)17-7-3-2-4-8-17)30-13-11-18(12-14-30)31-16-25-20-9-5-6-10-21(20)31/h2-10,15-16,18,25H,11-14H2,1H3. The molecule has 2 aromatic heterocycles. The van der Waals surface area contributed by atoms with Crippen LogP contribution in [-0.2, 0) is 7.05 Å². The SMILES string of the molecule is Cn1ncc2c(N3CCC(N4[CH]Nc5ccccc54)CC3)nc(-c3ccccc3)nc21. The van der Waals surface area contributed by atoms with E-state index in [1.807, 2.05) is 36.1 Å². The molecular weight excluding hydrogens is 386 g/mol. The summed E-state index contributed by atoms with van der Waals surface area (Å²) in [6, 6.07) is 19.2. The summed E-state index contributed by atoms with van der Waals surface area (Å²) in [6.07, 6.45) is 4.03. The third kappa shape index (κ3) is 3.08. The molecular formula is C24H24N7. The van der Waals surface area contributed by atoms with Crippen LogP contribution in [0.1, 0.15) is 12.8 Å². The van der Waals surface area contributed by atoms with Gasteiger partial charge in [0.2, 0.25) is 0 Å². The van der Waals surface area contributed by atoms with E-state index >= 15 is 0 Å². The summed E-state index contributed by atoms with van der Waals surface area (Å²) < 4.78 is 1.83. The normalized spacial score (nSPS) is 16.5. The Morgan fingerprint density at radius 2 is 1.71 bits per heavy atom. The first-order valence-corrected chi connectivity index (χ1v) is 10.8. The Bertz CT molecular complexity index is 1230. The molecule has 0 atom stereocenters. The smallest absolute Gasteiger partial charge is 0.163 e. The molecule has 0 saturated carbocycles. The van der Waals surface area contributed by atoms with Crippen molar-refractivity contribution in [2.75, 3.05) is 28.2 Å². The Kier molecular flexibility index (Phi) is 4.26. The molecule has 0 bridgehead atoms.